The minimum absolute atomic E-state index is 0.0824. The molecule has 146 valence electrons. The maximum Gasteiger partial charge on any atom is 0.312 e. The molecular weight excluding hydrogens is 356 g/mol. The van der Waals surface area contributed by atoms with Crippen molar-refractivity contribution in [3.8, 4) is 0 Å². The maximum atomic E-state index is 12.5. The summed E-state index contributed by atoms with van der Waals surface area (Å²) < 4.78 is 5.31. The fourth-order valence-electron chi connectivity index (χ4n) is 3.04. The molecule has 0 aromatic heterocycles. The van der Waals surface area contributed by atoms with Crippen molar-refractivity contribution >= 4 is 29.2 Å². The highest BCUT2D eigenvalue weighted by molar-refractivity contribution is 6.00. The molecule has 1 N–H and O–H groups in total. The van der Waals surface area contributed by atoms with Gasteiger partial charge in [0.25, 0.3) is 5.91 Å². The SMILES string of the molecule is Cc1ccc(NC(=O)[C@H](C)OC(=O)[C@H]2CC(=O)N(c3ccc(C)cc3)C2)cc1. The first kappa shape index (κ1) is 19.6. The Morgan fingerprint density at radius 3 is 2.21 bits per heavy atom. The average Bonchev–Trinajstić information content (AvgIpc) is 3.06. The van der Waals surface area contributed by atoms with E-state index < -0.39 is 23.9 Å². The van der Waals surface area contributed by atoms with Crippen molar-refractivity contribution in [1.29, 1.82) is 0 Å². The smallest absolute Gasteiger partial charge is 0.312 e. The molecule has 2 amide bonds. The molecule has 2 aromatic carbocycles. The van der Waals surface area contributed by atoms with Gasteiger partial charge in [-0.25, -0.2) is 0 Å². The average molecular weight is 380 g/mol. The Bertz CT molecular complexity index is 874. The van der Waals surface area contributed by atoms with Crippen LogP contribution in [0.15, 0.2) is 48.5 Å². The Morgan fingerprint density at radius 1 is 1.04 bits per heavy atom. The minimum atomic E-state index is -0.947. The van der Waals surface area contributed by atoms with Gasteiger partial charge in [-0.3, -0.25) is 14.4 Å². The van der Waals surface area contributed by atoms with Crippen molar-refractivity contribution < 1.29 is 19.1 Å². The largest absolute Gasteiger partial charge is 0.452 e. The minimum Gasteiger partial charge on any atom is -0.452 e. The lowest BCUT2D eigenvalue weighted by molar-refractivity contribution is -0.157. The third-order valence-electron chi connectivity index (χ3n) is 4.79. The van der Waals surface area contributed by atoms with Crippen LogP contribution in [0, 0.1) is 19.8 Å². The number of anilines is 2. The Hall–Kier alpha value is -3.15. The highest BCUT2D eigenvalue weighted by atomic mass is 16.5. The van der Waals surface area contributed by atoms with Crippen molar-refractivity contribution in [2.45, 2.75) is 33.3 Å². The van der Waals surface area contributed by atoms with Gasteiger partial charge in [0.15, 0.2) is 6.10 Å². The highest BCUT2D eigenvalue weighted by Gasteiger charge is 2.37. The summed E-state index contributed by atoms with van der Waals surface area (Å²) in [4.78, 5) is 38.6. The molecule has 0 bridgehead atoms. The van der Waals surface area contributed by atoms with Gasteiger partial charge in [0.05, 0.1) is 5.92 Å². The second kappa shape index (κ2) is 8.25. The number of nitrogens with one attached hydrogen (secondary N) is 1. The molecule has 3 rings (SSSR count). The molecule has 0 radical (unpaired) electrons. The Kier molecular flexibility index (Phi) is 5.78. The van der Waals surface area contributed by atoms with Crippen LogP contribution in [0.2, 0.25) is 0 Å². The molecule has 1 heterocycles. The Labute approximate surface area is 164 Å². The fraction of sp³-hybridized carbons (Fsp3) is 0.318. The number of carbonyl (C=O) groups is 3. The van der Waals surface area contributed by atoms with Crippen LogP contribution < -0.4 is 10.2 Å². The van der Waals surface area contributed by atoms with Crippen molar-refractivity contribution in [1.82, 2.24) is 0 Å². The number of rotatable bonds is 5. The van der Waals surface area contributed by atoms with Gasteiger partial charge < -0.3 is 15.0 Å². The van der Waals surface area contributed by atoms with E-state index in [-0.39, 0.29) is 18.9 Å². The van der Waals surface area contributed by atoms with Crippen LogP contribution in [-0.2, 0) is 19.1 Å². The molecule has 0 unspecified atom stereocenters. The summed E-state index contributed by atoms with van der Waals surface area (Å²) in [7, 11) is 0. The predicted molar refractivity (Wildman–Crippen MR) is 107 cm³/mol. The molecule has 1 fully saturated rings. The first-order valence-corrected chi connectivity index (χ1v) is 9.28. The zero-order valence-corrected chi connectivity index (χ0v) is 16.3. The first-order chi connectivity index (χ1) is 13.3. The second-order valence-electron chi connectivity index (χ2n) is 7.18. The zero-order chi connectivity index (χ0) is 20.3. The zero-order valence-electron chi connectivity index (χ0n) is 16.3. The molecule has 1 saturated heterocycles. The van der Waals surface area contributed by atoms with Gasteiger partial charge in [0, 0.05) is 24.3 Å². The van der Waals surface area contributed by atoms with Crippen molar-refractivity contribution in [2.24, 2.45) is 5.92 Å². The molecule has 0 saturated carbocycles. The van der Waals surface area contributed by atoms with E-state index in [9.17, 15) is 14.4 Å². The lowest BCUT2D eigenvalue weighted by atomic mass is 10.1. The number of amides is 2. The normalized spacial score (nSPS) is 17.3. The summed E-state index contributed by atoms with van der Waals surface area (Å²) in [6.45, 7) is 5.71. The van der Waals surface area contributed by atoms with E-state index in [2.05, 4.69) is 5.32 Å². The van der Waals surface area contributed by atoms with Crippen LogP contribution in [0.25, 0.3) is 0 Å². The van der Waals surface area contributed by atoms with Crippen molar-refractivity contribution in [3.63, 3.8) is 0 Å². The van der Waals surface area contributed by atoms with Crippen LogP contribution >= 0.6 is 0 Å². The summed E-state index contributed by atoms with van der Waals surface area (Å²) in [5.74, 6) is -1.64. The summed E-state index contributed by atoms with van der Waals surface area (Å²) in [5, 5.41) is 2.72. The van der Waals surface area contributed by atoms with E-state index in [0.717, 1.165) is 16.8 Å². The van der Waals surface area contributed by atoms with Gasteiger partial charge in [0.2, 0.25) is 5.91 Å². The molecule has 0 spiro atoms. The number of hydrogen-bond acceptors (Lipinski definition) is 4. The van der Waals surface area contributed by atoms with Gasteiger partial charge in [-0.2, -0.15) is 0 Å². The maximum absolute atomic E-state index is 12.5. The molecule has 2 aromatic rings. The molecule has 1 aliphatic rings. The summed E-state index contributed by atoms with van der Waals surface area (Å²) in [5.41, 5.74) is 3.58. The second-order valence-corrected chi connectivity index (χ2v) is 7.18. The number of benzene rings is 2. The topological polar surface area (TPSA) is 75.7 Å². The molecule has 0 aliphatic carbocycles. The summed E-state index contributed by atoms with van der Waals surface area (Å²) >= 11 is 0. The molecule has 2 atom stereocenters. The van der Waals surface area contributed by atoms with E-state index in [0.29, 0.717) is 5.69 Å². The molecular formula is C22H24N2O4. The first-order valence-electron chi connectivity index (χ1n) is 9.28. The molecule has 6 heteroatoms. The van der Waals surface area contributed by atoms with Crippen LogP contribution in [0.4, 0.5) is 11.4 Å². The van der Waals surface area contributed by atoms with Crippen molar-refractivity contribution in [3.05, 3.63) is 59.7 Å². The number of nitrogens with zero attached hydrogens (tertiary/aromatic N) is 1. The van der Waals surface area contributed by atoms with Crippen molar-refractivity contribution in [2.75, 3.05) is 16.8 Å². The monoisotopic (exact) mass is 380 g/mol. The fourth-order valence-corrected chi connectivity index (χ4v) is 3.04. The summed E-state index contributed by atoms with van der Waals surface area (Å²) in [6.07, 6.45) is -0.865. The number of esters is 1. The van der Waals surface area contributed by atoms with Gasteiger partial charge in [0.1, 0.15) is 0 Å². The lowest BCUT2D eigenvalue weighted by Crippen LogP contribution is -2.33. The van der Waals surface area contributed by atoms with Gasteiger partial charge in [-0.05, 0) is 45.0 Å². The number of carbonyl (C=O) groups excluding carboxylic acids is 3. The van der Waals surface area contributed by atoms with Gasteiger partial charge >= 0.3 is 5.97 Å². The Balaban J connectivity index is 1.56. The number of hydrogen-bond donors (Lipinski definition) is 1. The van der Waals surface area contributed by atoms with Crippen LogP contribution in [-0.4, -0.2) is 30.4 Å². The predicted octanol–water partition coefficient (Wildman–Crippen LogP) is 3.23. The lowest BCUT2D eigenvalue weighted by Gasteiger charge is -2.18. The van der Waals surface area contributed by atoms with Gasteiger partial charge in [-0.1, -0.05) is 35.4 Å². The number of ether oxygens (including phenoxy) is 1. The van der Waals surface area contributed by atoms with Crippen LogP contribution in [0.1, 0.15) is 24.5 Å². The van der Waals surface area contributed by atoms with Crippen LogP contribution in [0.5, 0.6) is 0 Å². The standard InChI is InChI=1S/C22H24N2O4/c1-14-4-8-18(9-5-14)23-21(26)16(3)28-22(27)17-12-20(25)24(13-17)19-10-6-15(2)7-11-19/h4-11,16-17H,12-13H2,1-3H3,(H,23,26)/t16-,17-/m0/s1. The van der Waals surface area contributed by atoms with E-state index in [1.165, 1.54) is 6.92 Å². The Morgan fingerprint density at radius 2 is 1.61 bits per heavy atom. The molecule has 6 nitrogen and oxygen atoms in total. The molecule has 28 heavy (non-hydrogen) atoms. The summed E-state index contributed by atoms with van der Waals surface area (Å²) in [6, 6.07) is 14.9. The molecule has 1 aliphatic heterocycles. The van der Waals surface area contributed by atoms with Crippen LogP contribution in [0.3, 0.4) is 0 Å². The third-order valence-corrected chi connectivity index (χ3v) is 4.79. The van der Waals surface area contributed by atoms with Gasteiger partial charge in [-0.15, -0.1) is 0 Å². The van der Waals surface area contributed by atoms with E-state index in [4.69, 9.17) is 4.74 Å². The quantitative estimate of drug-likeness (QED) is 0.808. The van der Waals surface area contributed by atoms with E-state index in [1.807, 2.05) is 50.2 Å². The van der Waals surface area contributed by atoms with E-state index in [1.54, 1.807) is 17.0 Å². The van der Waals surface area contributed by atoms with E-state index >= 15 is 0 Å². The number of aryl methyl sites for hydroxylation is 2. The highest BCUT2D eigenvalue weighted by Crippen LogP contribution is 2.26. The third kappa shape index (κ3) is 4.57.